The molecule has 34 heavy (non-hydrogen) atoms. The van der Waals surface area contributed by atoms with Crippen molar-refractivity contribution < 1.29 is 69.2 Å². The maximum absolute atomic E-state index is 10.2. The van der Waals surface area contributed by atoms with E-state index < -0.39 is 24.1 Å². The van der Waals surface area contributed by atoms with Gasteiger partial charge < -0.3 is 28.4 Å². The summed E-state index contributed by atoms with van der Waals surface area (Å²) in [4.78, 5) is 30.5. The van der Waals surface area contributed by atoms with Crippen molar-refractivity contribution in [3.63, 3.8) is 0 Å². The first kappa shape index (κ1) is 43.0. The molecule has 0 N–H and O–H groups in total. The number of hydrogen-bond acceptors (Lipinski definition) is 6. The van der Waals surface area contributed by atoms with Gasteiger partial charge in [-0.1, -0.05) is 117 Å². The molecule has 10 heteroatoms. The van der Waals surface area contributed by atoms with Gasteiger partial charge >= 0.3 is 40.8 Å². The largest absolute Gasteiger partial charge is 3.00 e. The fourth-order valence-corrected chi connectivity index (χ4v) is 4.77. The normalized spacial score (nSPS) is 12.9. The fraction of sp³-hybridized carbons (Fsp3) is 1.00. The number of rotatable bonds is 21. The van der Waals surface area contributed by atoms with Crippen molar-refractivity contribution in [2.75, 3.05) is 18.5 Å². The molecular weight excluding hydrogens is 621 g/mol. The van der Waals surface area contributed by atoms with E-state index in [1.165, 1.54) is 77.0 Å². The van der Waals surface area contributed by atoms with Crippen LogP contribution in [0.3, 0.4) is 0 Å². The van der Waals surface area contributed by atoms with Gasteiger partial charge in [-0.05, 0) is 37.7 Å². The van der Waals surface area contributed by atoms with Crippen LogP contribution in [0, 0.1) is 40.8 Å². The Hall–Kier alpha value is 1.92. The first-order chi connectivity index (χ1) is 15.8. The van der Waals surface area contributed by atoms with Gasteiger partial charge in [0.25, 0.3) is 0 Å². The van der Waals surface area contributed by atoms with Crippen molar-refractivity contribution in [2.45, 2.75) is 136 Å². The molecule has 0 rings (SSSR count). The Bertz CT molecular complexity index is 381. The van der Waals surface area contributed by atoms with Crippen molar-refractivity contribution in [1.82, 2.24) is 0 Å². The van der Waals surface area contributed by atoms with Gasteiger partial charge in [0.15, 0.2) is 0 Å². The van der Waals surface area contributed by atoms with Crippen LogP contribution in [-0.4, -0.2) is 18.5 Å². The van der Waals surface area contributed by atoms with E-state index in [9.17, 15) is 28.4 Å². The van der Waals surface area contributed by atoms with E-state index in [2.05, 4.69) is 20.8 Å². The van der Waals surface area contributed by atoms with E-state index in [4.69, 9.17) is 0 Å². The van der Waals surface area contributed by atoms with Crippen LogP contribution in [-0.2, 0) is 13.7 Å². The summed E-state index contributed by atoms with van der Waals surface area (Å²) in [5.41, 5.74) is 0. The third-order valence-electron chi connectivity index (χ3n) is 5.20. The van der Waals surface area contributed by atoms with Gasteiger partial charge in [0, 0.05) is 24.1 Å². The number of hydrogen-bond donors (Lipinski definition) is 0. The number of unbranched alkanes of at least 4 members (excludes halogenated alkanes) is 15. The summed E-state index contributed by atoms with van der Waals surface area (Å²) in [5.74, 6) is 0. The zero-order valence-electron chi connectivity index (χ0n) is 22.3. The topological polar surface area (TPSA) is 120 Å². The molecular formula is C24H54NdO6P3. The summed E-state index contributed by atoms with van der Waals surface area (Å²) in [6.45, 7) is 6.53. The Morgan fingerprint density at radius 3 is 0.735 bits per heavy atom. The molecule has 0 amide bonds. The van der Waals surface area contributed by atoms with Gasteiger partial charge in [-0.15, -0.1) is 0 Å². The molecule has 0 saturated heterocycles. The van der Waals surface area contributed by atoms with Crippen LogP contribution in [0.2, 0.25) is 0 Å². The van der Waals surface area contributed by atoms with E-state index in [1.807, 2.05) is 0 Å². The molecule has 0 aromatic carbocycles. The van der Waals surface area contributed by atoms with E-state index >= 15 is 0 Å². The molecule has 0 aromatic rings. The van der Waals surface area contributed by atoms with Gasteiger partial charge in [0.1, 0.15) is 0 Å². The zero-order chi connectivity index (χ0) is 25.6. The van der Waals surface area contributed by atoms with Crippen molar-refractivity contribution >= 4 is 24.1 Å². The molecule has 1 radical (unpaired) electrons. The minimum absolute atomic E-state index is 0. The maximum atomic E-state index is 10.2. The predicted molar refractivity (Wildman–Crippen MR) is 142 cm³/mol. The van der Waals surface area contributed by atoms with Crippen molar-refractivity contribution in [2.24, 2.45) is 0 Å². The van der Waals surface area contributed by atoms with Gasteiger partial charge in [-0.25, -0.2) is 0 Å². The van der Waals surface area contributed by atoms with Gasteiger partial charge in [0.2, 0.25) is 0 Å². The summed E-state index contributed by atoms with van der Waals surface area (Å²) in [5, 5.41) is 0. The molecule has 3 unspecified atom stereocenters. The second kappa shape index (κ2) is 39.4. The molecule has 0 bridgehead atoms. The van der Waals surface area contributed by atoms with Gasteiger partial charge in [0.05, 0.1) is 0 Å². The summed E-state index contributed by atoms with van der Waals surface area (Å²) in [6, 6.07) is 0. The average Bonchev–Trinajstić information content (AvgIpc) is 2.76. The molecule has 0 saturated carbocycles. The molecule has 205 valence electrons. The predicted octanol–water partition coefficient (Wildman–Crippen LogP) is 6.55. The molecule has 3 atom stereocenters. The van der Waals surface area contributed by atoms with E-state index in [1.54, 1.807) is 0 Å². The Kier molecular flexibility index (Phi) is 49.9. The van der Waals surface area contributed by atoms with Crippen LogP contribution in [0.25, 0.3) is 0 Å². The first-order valence-electron chi connectivity index (χ1n) is 13.4. The van der Waals surface area contributed by atoms with Gasteiger partial charge in [-0.2, -0.15) is 0 Å². The summed E-state index contributed by atoms with van der Waals surface area (Å²) in [6.07, 6.45) is 22.1. The fourth-order valence-electron chi connectivity index (χ4n) is 3.15. The minimum atomic E-state index is -2.43. The quantitative estimate of drug-likeness (QED) is 0.101. The standard InChI is InChI=1S/3C8H19O2P.Nd/c3*1-2-3-4-5-6-7-8-11(9)10;/h3*11H,2-8H2,1H3,(H,9,10);/q;;;+3/p-3. The van der Waals surface area contributed by atoms with Crippen LogP contribution in [0.1, 0.15) is 136 Å². The van der Waals surface area contributed by atoms with Crippen molar-refractivity contribution in [1.29, 1.82) is 0 Å². The van der Waals surface area contributed by atoms with Gasteiger partial charge in [-0.3, -0.25) is 0 Å². The average molecular weight is 676 g/mol. The van der Waals surface area contributed by atoms with Crippen LogP contribution >= 0.6 is 24.1 Å². The molecule has 6 nitrogen and oxygen atoms in total. The van der Waals surface area contributed by atoms with Crippen molar-refractivity contribution in [3.8, 4) is 0 Å². The second-order valence-electron chi connectivity index (χ2n) is 8.67. The Morgan fingerprint density at radius 1 is 0.382 bits per heavy atom. The Morgan fingerprint density at radius 2 is 0.559 bits per heavy atom. The first-order valence-corrected chi connectivity index (χ1v) is 18.0. The molecule has 0 aliphatic carbocycles. The third kappa shape index (κ3) is 54.7. The maximum Gasteiger partial charge on any atom is 3.00 e. The summed E-state index contributed by atoms with van der Waals surface area (Å²) in [7, 11) is -7.28. The van der Waals surface area contributed by atoms with Crippen LogP contribution in [0.4, 0.5) is 0 Å². The Labute approximate surface area is 246 Å². The van der Waals surface area contributed by atoms with E-state index in [-0.39, 0.29) is 40.8 Å². The van der Waals surface area contributed by atoms with E-state index in [0.29, 0.717) is 18.5 Å². The van der Waals surface area contributed by atoms with E-state index in [0.717, 1.165) is 38.5 Å². The molecule has 0 spiro atoms. The SMILES string of the molecule is CCCCCCCC[PH](=O)[O-].CCCCCCCC[PH](=O)[O-].CCCCCCCC[PH](=O)[O-].[Nd+3]. The summed E-state index contributed by atoms with van der Waals surface area (Å²) < 4.78 is 30.5. The molecule has 0 heterocycles. The van der Waals surface area contributed by atoms with Crippen LogP contribution in [0.5, 0.6) is 0 Å². The minimum Gasteiger partial charge on any atom is -0.802 e. The molecule has 0 fully saturated rings. The monoisotopic (exact) mass is 673 g/mol. The second-order valence-corrected chi connectivity index (χ2v) is 12.4. The molecule has 0 aliphatic rings. The Balaban J connectivity index is -0.000000196. The molecule has 0 aliphatic heterocycles. The third-order valence-corrected chi connectivity index (χ3v) is 7.49. The van der Waals surface area contributed by atoms with Crippen LogP contribution in [0.15, 0.2) is 0 Å². The zero-order valence-corrected chi connectivity index (χ0v) is 28.5. The van der Waals surface area contributed by atoms with Crippen LogP contribution < -0.4 is 14.7 Å². The van der Waals surface area contributed by atoms with Crippen molar-refractivity contribution in [3.05, 3.63) is 0 Å². The summed E-state index contributed by atoms with van der Waals surface area (Å²) >= 11 is 0. The smallest absolute Gasteiger partial charge is 0.802 e. The molecule has 0 aromatic heterocycles.